The van der Waals surface area contributed by atoms with Crippen LogP contribution < -0.4 is 53.2 Å². The third-order valence-electron chi connectivity index (χ3n) is 4.25. The Morgan fingerprint density at radius 1 is 0.548 bits per heavy atom. The molecule has 0 heterocycles. The van der Waals surface area contributed by atoms with Gasteiger partial charge in [0.15, 0.2) is 0 Å². The summed E-state index contributed by atoms with van der Waals surface area (Å²) in [7, 11) is 7.03. The molecule has 15 nitrogen and oxygen atoms in total. The van der Waals surface area contributed by atoms with Crippen molar-refractivity contribution >= 4 is 30.2 Å². The van der Waals surface area contributed by atoms with Crippen molar-refractivity contribution in [1.82, 2.24) is 53.2 Å². The molecule has 0 aliphatic heterocycles. The van der Waals surface area contributed by atoms with Crippen LogP contribution in [-0.4, -0.2) is 96.1 Å². The second-order valence-corrected chi connectivity index (χ2v) is 6.30. The highest BCUT2D eigenvalue weighted by atomic mass is 16.2. The van der Waals surface area contributed by atoms with E-state index in [0.29, 0.717) is 0 Å². The summed E-state index contributed by atoms with van der Waals surface area (Å²) >= 11 is 0. The van der Waals surface area contributed by atoms with Gasteiger partial charge in [0.05, 0.1) is 24.2 Å². The van der Waals surface area contributed by atoms with E-state index in [2.05, 4.69) is 53.2 Å². The minimum atomic E-state index is -0.973. The third kappa shape index (κ3) is 10.1. The fourth-order valence-corrected chi connectivity index (χ4v) is 2.58. The molecular formula is C16H34N10O5. The van der Waals surface area contributed by atoms with Crippen LogP contribution >= 0.6 is 0 Å². The second-order valence-electron chi connectivity index (χ2n) is 6.30. The van der Waals surface area contributed by atoms with E-state index in [1.165, 1.54) is 35.2 Å². The molecule has 0 bridgehead atoms. The van der Waals surface area contributed by atoms with Crippen molar-refractivity contribution in [3.05, 3.63) is 0 Å². The normalized spacial score (nSPS) is 13.7. The van der Waals surface area contributed by atoms with E-state index in [0.717, 1.165) is 0 Å². The fourth-order valence-electron chi connectivity index (χ4n) is 2.58. The van der Waals surface area contributed by atoms with Gasteiger partial charge in [-0.25, -0.2) is 24.0 Å². The van der Waals surface area contributed by atoms with Gasteiger partial charge < -0.3 is 53.2 Å². The van der Waals surface area contributed by atoms with E-state index < -0.39 is 54.3 Å². The van der Waals surface area contributed by atoms with Gasteiger partial charge in [0.1, 0.15) is 0 Å². The summed E-state index contributed by atoms with van der Waals surface area (Å²) in [6.45, 7) is 1.50. The van der Waals surface area contributed by atoms with Crippen molar-refractivity contribution in [2.24, 2.45) is 0 Å². The van der Waals surface area contributed by atoms with E-state index in [1.807, 2.05) is 0 Å². The zero-order valence-corrected chi connectivity index (χ0v) is 18.6. The first-order valence-corrected chi connectivity index (χ1v) is 9.51. The van der Waals surface area contributed by atoms with Crippen LogP contribution in [0.3, 0.4) is 0 Å². The van der Waals surface area contributed by atoms with Crippen molar-refractivity contribution in [1.29, 1.82) is 0 Å². The maximum atomic E-state index is 12.2. The lowest BCUT2D eigenvalue weighted by atomic mass is 9.94. The highest BCUT2D eigenvalue weighted by Crippen LogP contribution is 2.07. The Kier molecular flexibility index (Phi) is 12.7. The number of amides is 10. The average Bonchev–Trinajstić information content (AvgIpc) is 2.77. The predicted molar refractivity (Wildman–Crippen MR) is 114 cm³/mol. The first-order chi connectivity index (χ1) is 14.6. The molecule has 4 unspecified atom stereocenters. The largest absolute Gasteiger partial charge is 0.341 e. The number of carbonyl (C=O) groups is 5. The molecule has 0 rings (SSSR count). The van der Waals surface area contributed by atoms with Gasteiger partial charge in [-0.2, -0.15) is 0 Å². The van der Waals surface area contributed by atoms with E-state index in [-0.39, 0.29) is 6.54 Å². The molecule has 0 aromatic heterocycles. The summed E-state index contributed by atoms with van der Waals surface area (Å²) in [5, 5.41) is 25.1. The highest BCUT2D eigenvalue weighted by molar-refractivity contribution is 5.78. The first-order valence-electron chi connectivity index (χ1n) is 9.51. The van der Waals surface area contributed by atoms with Gasteiger partial charge in [0, 0.05) is 41.8 Å². The second kappa shape index (κ2) is 14.4. The SMILES string of the molecule is CNC(=O)NCC(NC(=O)NC)C(NC(=O)NC)C(NC(=O)NC)C(C)NC(=O)NC. The molecule has 0 fully saturated rings. The van der Waals surface area contributed by atoms with Crippen LogP contribution in [0.15, 0.2) is 0 Å². The summed E-state index contributed by atoms with van der Waals surface area (Å²) in [5.41, 5.74) is 0. The average molecular weight is 447 g/mol. The minimum absolute atomic E-state index is 0.111. The van der Waals surface area contributed by atoms with Gasteiger partial charge >= 0.3 is 30.2 Å². The third-order valence-corrected chi connectivity index (χ3v) is 4.25. The fraction of sp³-hybridized carbons (Fsp3) is 0.688. The molecule has 0 saturated carbocycles. The quantitative estimate of drug-likeness (QED) is 0.181. The van der Waals surface area contributed by atoms with E-state index in [1.54, 1.807) is 6.92 Å². The number of carbonyl (C=O) groups excluding carboxylic acids is 5. The Bertz CT molecular complexity index is 632. The zero-order chi connectivity index (χ0) is 24.0. The number of nitrogens with one attached hydrogen (secondary N) is 10. The highest BCUT2D eigenvalue weighted by Gasteiger charge is 2.37. The molecule has 0 spiro atoms. The van der Waals surface area contributed by atoms with E-state index in [9.17, 15) is 24.0 Å². The molecule has 0 radical (unpaired) electrons. The standard InChI is InChI=1S/C16H34N10O5/c1-8(23-13(28)18-3)10(25-15(30)20-5)11(26-16(31)21-6)9(24-14(29)19-4)7-22-12(27)17-2/h8-11H,7H2,1-6H3,(H2,17,22,27)(H2,18,23,28)(H2,19,24,29)(H2,20,25,30)(H2,21,26,31). The maximum absolute atomic E-state index is 12.2. The van der Waals surface area contributed by atoms with Gasteiger partial charge in [-0.1, -0.05) is 0 Å². The Labute approximate surface area is 181 Å². The molecular weight excluding hydrogens is 412 g/mol. The van der Waals surface area contributed by atoms with Crippen LogP contribution in [0.5, 0.6) is 0 Å². The van der Waals surface area contributed by atoms with Gasteiger partial charge in [-0.05, 0) is 6.92 Å². The molecule has 0 aromatic carbocycles. The van der Waals surface area contributed by atoms with Crippen molar-refractivity contribution in [2.75, 3.05) is 41.8 Å². The molecule has 0 aromatic rings. The van der Waals surface area contributed by atoms with Crippen LogP contribution in [-0.2, 0) is 0 Å². The molecule has 15 heteroatoms. The summed E-state index contributed by atoms with van der Waals surface area (Å²) in [6, 6.07) is -6.32. The zero-order valence-electron chi connectivity index (χ0n) is 18.6. The van der Waals surface area contributed by atoms with Gasteiger partial charge in [0.25, 0.3) is 0 Å². The van der Waals surface area contributed by atoms with Crippen LogP contribution in [0.4, 0.5) is 24.0 Å². The molecule has 10 N–H and O–H groups in total. The summed E-state index contributed by atoms with van der Waals surface area (Å²) in [6.07, 6.45) is 0. The van der Waals surface area contributed by atoms with E-state index in [4.69, 9.17) is 0 Å². The Morgan fingerprint density at radius 2 is 0.935 bits per heavy atom. The molecule has 0 aliphatic rings. The molecule has 178 valence electrons. The number of hydrogen-bond acceptors (Lipinski definition) is 5. The summed E-state index contributed by atoms with van der Waals surface area (Å²) in [5.74, 6) is 0. The number of rotatable bonds is 9. The molecule has 31 heavy (non-hydrogen) atoms. The molecule has 0 aliphatic carbocycles. The first kappa shape index (κ1) is 27.4. The van der Waals surface area contributed by atoms with Crippen molar-refractivity contribution in [2.45, 2.75) is 31.1 Å². The number of hydrogen-bond donors (Lipinski definition) is 10. The summed E-state index contributed by atoms with van der Waals surface area (Å²) < 4.78 is 0. The lowest BCUT2D eigenvalue weighted by Crippen LogP contribution is -2.70. The van der Waals surface area contributed by atoms with Crippen molar-refractivity contribution < 1.29 is 24.0 Å². The Hall–Kier alpha value is -3.65. The van der Waals surface area contributed by atoms with Crippen LogP contribution in [0.1, 0.15) is 6.92 Å². The Balaban J connectivity index is 6.12. The van der Waals surface area contributed by atoms with Crippen LogP contribution in [0, 0.1) is 0 Å². The van der Waals surface area contributed by atoms with Gasteiger partial charge in [0.2, 0.25) is 0 Å². The number of urea groups is 5. The van der Waals surface area contributed by atoms with Gasteiger partial charge in [-0.3, -0.25) is 0 Å². The van der Waals surface area contributed by atoms with Gasteiger partial charge in [-0.15, -0.1) is 0 Å². The lowest BCUT2D eigenvalue weighted by Gasteiger charge is -2.38. The predicted octanol–water partition coefficient (Wildman–Crippen LogP) is -2.87. The molecule has 4 atom stereocenters. The molecule has 10 amide bonds. The van der Waals surface area contributed by atoms with Crippen molar-refractivity contribution in [3.8, 4) is 0 Å². The monoisotopic (exact) mass is 446 g/mol. The van der Waals surface area contributed by atoms with Crippen LogP contribution in [0.25, 0.3) is 0 Å². The molecule has 0 saturated heterocycles. The smallest absolute Gasteiger partial charge is 0.314 e. The maximum Gasteiger partial charge on any atom is 0.314 e. The Morgan fingerprint density at radius 3 is 1.39 bits per heavy atom. The lowest BCUT2D eigenvalue weighted by molar-refractivity contribution is 0.199. The minimum Gasteiger partial charge on any atom is -0.341 e. The van der Waals surface area contributed by atoms with Crippen LogP contribution in [0.2, 0.25) is 0 Å². The topological polar surface area (TPSA) is 206 Å². The van der Waals surface area contributed by atoms with Crippen molar-refractivity contribution in [3.63, 3.8) is 0 Å². The van der Waals surface area contributed by atoms with E-state index >= 15 is 0 Å². The summed E-state index contributed by atoms with van der Waals surface area (Å²) in [4.78, 5) is 59.8.